The molecule has 9 aromatic carbocycles. The maximum absolute atomic E-state index is 10.2. The van der Waals surface area contributed by atoms with Crippen molar-refractivity contribution in [1.29, 1.82) is 0 Å². The standard InChI is InChI=1S/C76H69N4O.Pt/c1-50(2)43-55-45-72(77-48-64(55)51-21-11-10-12-22-51)80-68-30-16-14-26-62(68)63-39-38-58(47-71(63)80)81-57-24-19-23-56(46-57)78-49-79(70-32-18-17-31-69(70)78)73-60(53-35-33-52(34-36-53)59-25-13-15-29-65(59)74(3,4)5)27-20-28-61(73)54-37-40-66-67(44-54)76(8,9)42-41-75(66,6)7;/h10-40,44-45,48-50H,41-43H2,1-9H3;/q-3;/i37D,40D,43D2,44D;. The maximum Gasteiger partial charge on any atom is 0.135 e. The SMILES string of the molecule is [2H]c1c([2H])c2c(c([2H])c1-c1cccc(-c3ccc(-c4ccccc4C(C)(C)C)cc3)c1N1[CH-]N(c3[c-]c(Oc4[c-]c5c(cc4)c4ccccc4n5-c4cc(C([2H])([2H])C(C)C)c(-c5ccccc5)cn4)ccc3)c3ccccc31)C(C)(C)CCC2(C)C.[Pt]. The van der Waals surface area contributed by atoms with Gasteiger partial charge in [0, 0.05) is 80.8 Å². The van der Waals surface area contributed by atoms with Crippen molar-refractivity contribution in [1.82, 2.24) is 9.55 Å². The molecular formula is C76H69N4OPt-3. The summed E-state index contributed by atoms with van der Waals surface area (Å²) in [7, 11) is 0. The zero-order valence-corrected chi connectivity index (χ0v) is 50.3. The molecule has 0 fully saturated rings. The number of hydrogen-bond donors (Lipinski definition) is 0. The van der Waals surface area contributed by atoms with E-state index in [0.29, 0.717) is 40.0 Å². The Morgan fingerprint density at radius 1 is 0.610 bits per heavy atom. The molecule has 13 rings (SSSR count). The molecule has 0 bridgehead atoms. The first-order valence-corrected chi connectivity index (χ1v) is 28.4. The fraction of sp³-hybridized carbons (Fsp3) is 0.211. The molecule has 0 atom stereocenters. The van der Waals surface area contributed by atoms with Gasteiger partial charge >= 0.3 is 0 Å². The summed E-state index contributed by atoms with van der Waals surface area (Å²) in [4.78, 5) is 9.33. The first-order valence-electron chi connectivity index (χ1n) is 30.9. The first-order chi connectivity index (χ1) is 41.1. The Balaban J connectivity index is 0.00000739. The molecule has 6 heteroatoms. The molecule has 2 aromatic heterocycles. The quantitative estimate of drug-likeness (QED) is 0.121. The predicted molar refractivity (Wildman–Crippen MR) is 338 cm³/mol. The van der Waals surface area contributed by atoms with Crippen LogP contribution in [0.2, 0.25) is 0 Å². The molecule has 0 unspecified atom stereocenters. The number of nitrogens with zero attached hydrogens (tertiary/aromatic N) is 4. The van der Waals surface area contributed by atoms with Crippen molar-refractivity contribution in [2.45, 2.75) is 97.8 Å². The minimum absolute atomic E-state index is 0. The third-order valence-corrected chi connectivity index (χ3v) is 16.4. The third-order valence-electron chi connectivity index (χ3n) is 16.4. The second-order valence-corrected chi connectivity index (χ2v) is 24.4. The normalized spacial score (nSPS) is 15.5. The van der Waals surface area contributed by atoms with Gasteiger partial charge in [0.2, 0.25) is 0 Å². The number of rotatable bonds is 11. The van der Waals surface area contributed by atoms with E-state index in [9.17, 15) is 6.85 Å². The molecule has 11 aromatic rings. The Hall–Kier alpha value is -7.98. The summed E-state index contributed by atoms with van der Waals surface area (Å²) >= 11 is 0. The van der Waals surface area contributed by atoms with Crippen molar-refractivity contribution < 1.29 is 32.7 Å². The van der Waals surface area contributed by atoms with E-state index in [1.165, 1.54) is 11.1 Å². The van der Waals surface area contributed by atoms with Gasteiger partial charge in [-0.15, -0.1) is 48.1 Å². The molecule has 1 aliphatic heterocycles. The van der Waals surface area contributed by atoms with Crippen LogP contribution in [0.3, 0.4) is 0 Å². The van der Waals surface area contributed by atoms with Crippen LogP contribution in [-0.2, 0) is 43.7 Å². The average molecular weight is 1250 g/mol. The molecule has 0 saturated heterocycles. The van der Waals surface area contributed by atoms with E-state index in [1.54, 1.807) is 6.20 Å². The maximum atomic E-state index is 10.2. The van der Waals surface area contributed by atoms with Gasteiger partial charge in [0.25, 0.3) is 0 Å². The minimum Gasteiger partial charge on any atom is -0.509 e. The summed E-state index contributed by atoms with van der Waals surface area (Å²) in [6.45, 7) is 21.3. The minimum atomic E-state index is -1.66. The Kier molecular flexibility index (Phi) is 12.7. The van der Waals surface area contributed by atoms with E-state index in [4.69, 9.17) is 9.72 Å². The van der Waals surface area contributed by atoms with Crippen LogP contribution in [0.5, 0.6) is 11.5 Å². The monoisotopic (exact) mass is 1250 g/mol. The van der Waals surface area contributed by atoms with Gasteiger partial charge in [-0.1, -0.05) is 213 Å². The summed E-state index contributed by atoms with van der Waals surface area (Å²) in [5.74, 6) is 1.21. The van der Waals surface area contributed by atoms with Crippen LogP contribution in [0.4, 0.5) is 22.7 Å². The molecule has 82 heavy (non-hydrogen) atoms. The van der Waals surface area contributed by atoms with Gasteiger partial charge in [-0.3, -0.25) is 0 Å². The molecule has 2 aliphatic rings. The molecule has 0 saturated carbocycles. The zero-order chi connectivity index (χ0) is 60.2. The van der Waals surface area contributed by atoms with Crippen molar-refractivity contribution in [3.05, 3.63) is 247 Å². The molecule has 0 N–H and O–H groups in total. The van der Waals surface area contributed by atoms with Crippen LogP contribution in [0, 0.1) is 24.7 Å². The molecule has 1 aliphatic carbocycles. The number of para-hydroxylation sites is 4. The van der Waals surface area contributed by atoms with Gasteiger partial charge in [0.05, 0.1) is 4.11 Å². The van der Waals surface area contributed by atoms with Crippen LogP contribution in [0.1, 0.15) is 104 Å². The van der Waals surface area contributed by atoms with Gasteiger partial charge in [0.1, 0.15) is 5.82 Å². The van der Waals surface area contributed by atoms with Crippen LogP contribution in [0.15, 0.2) is 206 Å². The number of aromatic nitrogens is 2. The number of pyridine rings is 1. The first kappa shape index (κ1) is 48.7. The second-order valence-electron chi connectivity index (χ2n) is 24.4. The topological polar surface area (TPSA) is 33.5 Å². The molecule has 5 nitrogen and oxygen atoms in total. The molecule has 412 valence electrons. The predicted octanol–water partition coefficient (Wildman–Crippen LogP) is 20.5. The van der Waals surface area contributed by atoms with Crippen LogP contribution in [-0.4, -0.2) is 9.55 Å². The van der Waals surface area contributed by atoms with Crippen molar-refractivity contribution in [2.75, 3.05) is 9.80 Å². The molecule has 0 radical (unpaired) electrons. The number of hydrogen-bond acceptors (Lipinski definition) is 4. The van der Waals surface area contributed by atoms with Crippen molar-refractivity contribution in [2.24, 2.45) is 5.92 Å². The summed E-state index contributed by atoms with van der Waals surface area (Å²) in [6, 6.07) is 69.3. The van der Waals surface area contributed by atoms with Gasteiger partial charge in [-0.25, -0.2) is 4.98 Å². The second kappa shape index (κ2) is 21.4. The van der Waals surface area contributed by atoms with Crippen LogP contribution < -0.4 is 14.5 Å². The van der Waals surface area contributed by atoms with Crippen molar-refractivity contribution in [3.63, 3.8) is 0 Å². The number of ether oxygens (including phenoxy) is 1. The van der Waals surface area contributed by atoms with E-state index in [-0.39, 0.29) is 55.3 Å². The average Bonchev–Trinajstić information content (AvgIpc) is 1.87. The van der Waals surface area contributed by atoms with Crippen LogP contribution >= 0.6 is 0 Å². The molecular weight excluding hydrogens is 1180 g/mol. The fourth-order valence-electron chi connectivity index (χ4n) is 12.1. The summed E-state index contributed by atoms with van der Waals surface area (Å²) < 4.78 is 57.5. The summed E-state index contributed by atoms with van der Waals surface area (Å²) in [6.07, 6.45) is 1.87. The zero-order valence-electron chi connectivity index (χ0n) is 53.0. The Morgan fingerprint density at radius 2 is 1.22 bits per heavy atom. The van der Waals surface area contributed by atoms with Gasteiger partial charge in [-0.2, -0.15) is 12.1 Å². The number of benzene rings is 9. The Bertz CT molecular complexity index is 4470. The smallest absolute Gasteiger partial charge is 0.135 e. The van der Waals surface area contributed by atoms with E-state index in [2.05, 4.69) is 156 Å². The van der Waals surface area contributed by atoms with E-state index < -0.39 is 6.37 Å². The van der Waals surface area contributed by atoms with E-state index in [1.807, 2.05) is 122 Å². The largest absolute Gasteiger partial charge is 0.509 e. The Labute approximate surface area is 506 Å². The molecule has 3 heterocycles. The van der Waals surface area contributed by atoms with Gasteiger partial charge < -0.3 is 19.1 Å². The summed E-state index contributed by atoms with van der Waals surface area (Å²) in [5, 5.41) is 1.96. The van der Waals surface area contributed by atoms with Gasteiger partial charge in [0.15, 0.2) is 0 Å². The molecule has 0 spiro atoms. The number of anilines is 4. The van der Waals surface area contributed by atoms with Gasteiger partial charge in [-0.05, 0) is 121 Å². The fourth-order valence-corrected chi connectivity index (χ4v) is 12.1. The Morgan fingerprint density at radius 3 is 1.96 bits per heavy atom. The van der Waals surface area contributed by atoms with Crippen molar-refractivity contribution >= 4 is 44.6 Å². The molecule has 0 amide bonds. The third kappa shape index (κ3) is 9.95. The van der Waals surface area contributed by atoms with Crippen LogP contribution in [0.25, 0.3) is 72.1 Å². The number of fused-ring (bicyclic) bond motifs is 5. The van der Waals surface area contributed by atoms with E-state index in [0.717, 1.165) is 96.3 Å². The van der Waals surface area contributed by atoms with Crippen molar-refractivity contribution in [3.8, 4) is 61.8 Å². The summed E-state index contributed by atoms with van der Waals surface area (Å²) in [5.41, 5.74) is 14.6. The van der Waals surface area contributed by atoms with E-state index >= 15 is 0 Å².